The molecule has 0 fully saturated rings. The molecular formula is C10H11N7O3. The maximum absolute atomic E-state index is 11.5. The normalized spacial score (nSPS) is 10.0. The van der Waals surface area contributed by atoms with Crippen LogP contribution in [0.25, 0.3) is 0 Å². The largest absolute Gasteiger partial charge is 0.476 e. The fourth-order valence-electron chi connectivity index (χ4n) is 1.33. The second kappa shape index (κ2) is 6.22. The number of hydrogen-bond donors (Lipinski definition) is 3. The average Bonchev–Trinajstić information content (AvgIpc) is 2.89. The highest BCUT2D eigenvalue weighted by molar-refractivity contribution is 5.88. The number of carbonyl (C=O) groups is 2. The first-order chi connectivity index (χ1) is 9.65. The third kappa shape index (κ3) is 3.73. The highest BCUT2D eigenvalue weighted by Crippen LogP contribution is 1.99. The van der Waals surface area contributed by atoms with Crippen LogP contribution in [0.4, 0.5) is 10.5 Å². The molecule has 0 atom stereocenters. The fraction of sp³-hybridized carbons (Fsp3) is 0.200. The van der Waals surface area contributed by atoms with E-state index in [1.165, 1.54) is 29.6 Å². The summed E-state index contributed by atoms with van der Waals surface area (Å²) in [6, 6.07) is -0.418. The lowest BCUT2D eigenvalue weighted by Crippen LogP contribution is -2.31. The lowest BCUT2D eigenvalue weighted by molar-refractivity contribution is 0.0690. The van der Waals surface area contributed by atoms with E-state index in [0.717, 1.165) is 0 Å². The van der Waals surface area contributed by atoms with Gasteiger partial charge >= 0.3 is 12.0 Å². The van der Waals surface area contributed by atoms with Gasteiger partial charge in [0.05, 0.1) is 30.8 Å². The van der Waals surface area contributed by atoms with E-state index in [0.29, 0.717) is 12.2 Å². The minimum Gasteiger partial charge on any atom is -0.476 e. The second-order valence-corrected chi connectivity index (χ2v) is 3.68. The summed E-state index contributed by atoms with van der Waals surface area (Å²) in [6.45, 7) is 0.570. The summed E-state index contributed by atoms with van der Waals surface area (Å²) >= 11 is 0. The van der Waals surface area contributed by atoms with Crippen molar-refractivity contribution in [3.63, 3.8) is 0 Å². The molecule has 10 nitrogen and oxygen atoms in total. The van der Waals surface area contributed by atoms with E-state index in [-0.39, 0.29) is 12.2 Å². The van der Waals surface area contributed by atoms with Crippen molar-refractivity contribution in [1.82, 2.24) is 30.3 Å². The number of carboxylic acids is 1. The van der Waals surface area contributed by atoms with Crippen molar-refractivity contribution in [2.75, 3.05) is 11.9 Å². The van der Waals surface area contributed by atoms with Gasteiger partial charge in [0.25, 0.3) is 0 Å². The van der Waals surface area contributed by atoms with Gasteiger partial charge in [-0.05, 0) is 0 Å². The summed E-state index contributed by atoms with van der Waals surface area (Å²) in [6.07, 6.45) is 5.56. The van der Waals surface area contributed by atoms with Gasteiger partial charge in [0.2, 0.25) is 0 Å². The highest BCUT2D eigenvalue weighted by Gasteiger charge is 2.08. The Kier molecular flexibility index (Phi) is 4.17. The molecule has 2 amide bonds. The fourth-order valence-corrected chi connectivity index (χ4v) is 1.33. The Hall–Kier alpha value is -3.04. The zero-order chi connectivity index (χ0) is 14.4. The van der Waals surface area contributed by atoms with Gasteiger partial charge in [-0.1, -0.05) is 5.21 Å². The van der Waals surface area contributed by atoms with Crippen molar-refractivity contribution in [1.29, 1.82) is 0 Å². The number of aromatic nitrogens is 5. The van der Waals surface area contributed by atoms with Gasteiger partial charge in [0.1, 0.15) is 6.33 Å². The Labute approximate surface area is 112 Å². The maximum atomic E-state index is 11.5. The molecule has 0 spiro atoms. The van der Waals surface area contributed by atoms with Crippen LogP contribution in [0.2, 0.25) is 0 Å². The Morgan fingerprint density at radius 1 is 1.30 bits per heavy atom. The monoisotopic (exact) mass is 277 g/mol. The van der Waals surface area contributed by atoms with Crippen molar-refractivity contribution >= 4 is 17.7 Å². The number of aromatic carboxylic acids is 1. The molecule has 0 saturated heterocycles. The van der Waals surface area contributed by atoms with Crippen molar-refractivity contribution in [3.05, 3.63) is 30.6 Å². The summed E-state index contributed by atoms with van der Waals surface area (Å²) in [5, 5.41) is 20.8. The van der Waals surface area contributed by atoms with Crippen LogP contribution < -0.4 is 10.6 Å². The molecular weight excluding hydrogens is 266 g/mol. The number of anilines is 1. The van der Waals surface area contributed by atoms with Gasteiger partial charge in [0.15, 0.2) is 5.69 Å². The van der Waals surface area contributed by atoms with Gasteiger partial charge in [-0.15, -0.1) is 5.10 Å². The van der Waals surface area contributed by atoms with Crippen LogP contribution in [0, 0.1) is 0 Å². The standard InChI is InChI=1S/C10H11N7O3/c18-9(19)8-5-17(16-15-8)2-1-13-10(20)14-7-3-11-6-12-4-7/h3-6H,1-2H2,(H,18,19)(H2,13,14,20). The van der Waals surface area contributed by atoms with Gasteiger partial charge in [-0.2, -0.15) is 0 Å². The quantitative estimate of drug-likeness (QED) is 0.675. The highest BCUT2D eigenvalue weighted by atomic mass is 16.4. The molecule has 2 aromatic rings. The summed E-state index contributed by atoms with van der Waals surface area (Å²) in [5.74, 6) is -1.15. The first-order valence-electron chi connectivity index (χ1n) is 5.58. The third-order valence-electron chi connectivity index (χ3n) is 2.20. The summed E-state index contributed by atoms with van der Waals surface area (Å²) in [4.78, 5) is 29.6. The average molecular weight is 277 g/mol. The molecule has 0 aromatic carbocycles. The van der Waals surface area contributed by atoms with Crippen molar-refractivity contribution in [2.45, 2.75) is 6.54 Å². The molecule has 10 heteroatoms. The van der Waals surface area contributed by atoms with E-state index in [9.17, 15) is 9.59 Å². The molecule has 2 rings (SSSR count). The number of nitrogens with one attached hydrogen (secondary N) is 2. The number of rotatable bonds is 5. The molecule has 0 unspecified atom stereocenters. The predicted octanol–water partition coefficient (Wildman–Crippen LogP) is -0.412. The minimum absolute atomic E-state index is 0.143. The molecule has 2 heterocycles. The number of carbonyl (C=O) groups excluding carboxylic acids is 1. The summed E-state index contributed by atoms with van der Waals surface area (Å²) in [7, 11) is 0. The van der Waals surface area contributed by atoms with E-state index in [4.69, 9.17) is 5.11 Å². The molecule has 0 aliphatic rings. The van der Waals surface area contributed by atoms with E-state index in [1.54, 1.807) is 0 Å². The van der Waals surface area contributed by atoms with E-state index in [1.807, 2.05) is 0 Å². The smallest absolute Gasteiger partial charge is 0.358 e. The van der Waals surface area contributed by atoms with Gasteiger partial charge in [-0.25, -0.2) is 24.2 Å². The topological polar surface area (TPSA) is 135 Å². The van der Waals surface area contributed by atoms with Crippen LogP contribution in [-0.4, -0.2) is 48.6 Å². The van der Waals surface area contributed by atoms with Crippen LogP contribution >= 0.6 is 0 Å². The Bertz CT molecular complexity index is 598. The molecule has 3 N–H and O–H groups in total. The minimum atomic E-state index is -1.15. The number of carboxylic acid groups (broad SMARTS) is 1. The maximum Gasteiger partial charge on any atom is 0.358 e. The number of nitrogens with zero attached hydrogens (tertiary/aromatic N) is 5. The lowest BCUT2D eigenvalue weighted by atomic mass is 10.5. The molecule has 0 aliphatic carbocycles. The van der Waals surface area contributed by atoms with E-state index < -0.39 is 12.0 Å². The molecule has 0 bridgehead atoms. The molecule has 20 heavy (non-hydrogen) atoms. The zero-order valence-corrected chi connectivity index (χ0v) is 10.2. The molecule has 0 saturated carbocycles. The number of amides is 2. The van der Waals surface area contributed by atoms with Crippen LogP contribution in [0.1, 0.15) is 10.5 Å². The summed E-state index contributed by atoms with van der Waals surface area (Å²) < 4.78 is 1.33. The number of hydrogen-bond acceptors (Lipinski definition) is 6. The summed E-state index contributed by atoms with van der Waals surface area (Å²) in [5.41, 5.74) is 0.329. The van der Waals surface area contributed by atoms with Crippen LogP contribution in [0.5, 0.6) is 0 Å². The van der Waals surface area contributed by atoms with Crippen molar-refractivity contribution in [3.8, 4) is 0 Å². The van der Waals surface area contributed by atoms with Crippen LogP contribution in [-0.2, 0) is 6.54 Å². The van der Waals surface area contributed by atoms with Gasteiger partial charge in [-0.3, -0.25) is 0 Å². The molecule has 104 valence electrons. The first kappa shape index (κ1) is 13.4. The Balaban J connectivity index is 1.75. The molecule has 0 radical (unpaired) electrons. The Morgan fingerprint density at radius 2 is 2.05 bits per heavy atom. The van der Waals surface area contributed by atoms with Crippen LogP contribution in [0.15, 0.2) is 24.9 Å². The Morgan fingerprint density at radius 3 is 2.70 bits per heavy atom. The predicted molar refractivity (Wildman–Crippen MR) is 66.0 cm³/mol. The van der Waals surface area contributed by atoms with E-state index in [2.05, 4.69) is 30.9 Å². The zero-order valence-electron chi connectivity index (χ0n) is 10.2. The van der Waals surface area contributed by atoms with Gasteiger partial charge in [0, 0.05) is 6.54 Å². The molecule has 2 aromatic heterocycles. The molecule has 0 aliphatic heterocycles. The first-order valence-corrected chi connectivity index (χ1v) is 5.58. The van der Waals surface area contributed by atoms with E-state index >= 15 is 0 Å². The lowest BCUT2D eigenvalue weighted by Gasteiger charge is -2.06. The van der Waals surface area contributed by atoms with Crippen LogP contribution in [0.3, 0.4) is 0 Å². The third-order valence-corrected chi connectivity index (χ3v) is 2.20. The number of urea groups is 1. The van der Waals surface area contributed by atoms with Crippen molar-refractivity contribution in [2.24, 2.45) is 0 Å². The second-order valence-electron chi connectivity index (χ2n) is 3.68. The SMILES string of the molecule is O=C(NCCn1cc(C(=O)O)nn1)Nc1cncnc1. The van der Waals surface area contributed by atoms with Gasteiger partial charge < -0.3 is 15.7 Å². The van der Waals surface area contributed by atoms with Crippen molar-refractivity contribution < 1.29 is 14.7 Å².